The van der Waals surface area contributed by atoms with Crippen LogP contribution in [-0.2, 0) is 32.0 Å². The van der Waals surface area contributed by atoms with Crippen molar-refractivity contribution in [1.29, 1.82) is 0 Å². The first-order chi connectivity index (χ1) is 9.95. The zero-order chi connectivity index (χ0) is 16.0. The molecule has 0 saturated carbocycles. The van der Waals surface area contributed by atoms with Gasteiger partial charge in [-0.05, 0) is 34.1 Å². The normalized spacial score (nSPS) is 19.0. The van der Waals surface area contributed by atoms with Gasteiger partial charge in [0.1, 0.15) is 0 Å². The first kappa shape index (κ1) is 19.3. The molecule has 0 radical (unpaired) electrons. The van der Waals surface area contributed by atoms with Gasteiger partial charge in [0.25, 0.3) is 5.08 Å². The number of rotatable bonds is 10. The fraction of sp³-hybridized carbons (Fsp3) is 1.00. The van der Waals surface area contributed by atoms with Crippen LogP contribution in [0.25, 0.3) is 0 Å². The molecule has 0 bridgehead atoms. The fourth-order valence-electron chi connectivity index (χ4n) is 2.35. The van der Waals surface area contributed by atoms with E-state index >= 15 is 0 Å². The SMILES string of the molecule is CCOP(=O)(OCC)C1(P(=O)(OCC)OCC)CCCO1. The van der Waals surface area contributed by atoms with Crippen molar-refractivity contribution < 1.29 is 32.0 Å². The maximum Gasteiger partial charge on any atom is 0.374 e. The lowest BCUT2D eigenvalue weighted by Gasteiger charge is -2.38. The second-order valence-corrected chi connectivity index (χ2v) is 9.18. The Labute approximate surface area is 126 Å². The van der Waals surface area contributed by atoms with Crippen molar-refractivity contribution in [3.63, 3.8) is 0 Å². The van der Waals surface area contributed by atoms with Gasteiger partial charge in [-0.2, -0.15) is 0 Å². The van der Waals surface area contributed by atoms with Crippen LogP contribution >= 0.6 is 15.2 Å². The van der Waals surface area contributed by atoms with E-state index in [1.165, 1.54) is 0 Å². The minimum Gasteiger partial charge on any atom is -0.352 e. The predicted octanol–water partition coefficient (Wildman–Crippen LogP) is 3.98. The molecular weight excluding hydrogens is 318 g/mol. The Morgan fingerprint density at radius 1 is 0.857 bits per heavy atom. The molecule has 1 heterocycles. The topological polar surface area (TPSA) is 80.3 Å². The van der Waals surface area contributed by atoms with Gasteiger partial charge >= 0.3 is 15.2 Å². The standard InChI is InChI=1S/C12H26O7P2/c1-5-16-20(13,17-6-2)12(10-9-11-15-12)21(14,18-7-3)19-8-4/h5-11H2,1-4H3. The van der Waals surface area contributed by atoms with Gasteiger partial charge in [0.2, 0.25) is 0 Å². The van der Waals surface area contributed by atoms with Gasteiger partial charge < -0.3 is 22.8 Å². The summed E-state index contributed by atoms with van der Waals surface area (Å²) < 4.78 is 53.6. The third kappa shape index (κ3) is 3.61. The van der Waals surface area contributed by atoms with Crippen LogP contribution in [0.3, 0.4) is 0 Å². The summed E-state index contributed by atoms with van der Waals surface area (Å²) in [5.41, 5.74) is 0. The molecular formula is C12H26O7P2. The predicted molar refractivity (Wildman–Crippen MR) is 79.6 cm³/mol. The van der Waals surface area contributed by atoms with Crippen LogP contribution in [0.2, 0.25) is 0 Å². The molecule has 1 fully saturated rings. The number of hydrogen-bond acceptors (Lipinski definition) is 7. The molecule has 1 aliphatic heterocycles. The molecule has 0 aromatic heterocycles. The zero-order valence-corrected chi connectivity index (χ0v) is 15.0. The van der Waals surface area contributed by atoms with E-state index in [1.807, 2.05) is 0 Å². The van der Waals surface area contributed by atoms with Gasteiger partial charge in [-0.1, -0.05) is 0 Å². The highest BCUT2D eigenvalue weighted by molar-refractivity contribution is 7.74. The lowest BCUT2D eigenvalue weighted by molar-refractivity contribution is 0.0552. The average Bonchev–Trinajstić information content (AvgIpc) is 2.91. The fourth-order valence-corrected chi connectivity index (χ4v) is 7.92. The molecule has 1 saturated heterocycles. The van der Waals surface area contributed by atoms with Crippen molar-refractivity contribution in [2.75, 3.05) is 33.0 Å². The van der Waals surface area contributed by atoms with Gasteiger partial charge in [0.15, 0.2) is 0 Å². The lowest BCUT2D eigenvalue weighted by atomic mass is 10.4. The molecule has 1 aliphatic rings. The molecule has 0 amide bonds. The molecule has 0 atom stereocenters. The summed E-state index contributed by atoms with van der Waals surface area (Å²) in [7, 11) is -7.63. The summed E-state index contributed by atoms with van der Waals surface area (Å²) in [6, 6.07) is 0. The van der Waals surface area contributed by atoms with Gasteiger partial charge in [-0.15, -0.1) is 0 Å². The van der Waals surface area contributed by atoms with Gasteiger partial charge in [0, 0.05) is 13.0 Å². The van der Waals surface area contributed by atoms with E-state index in [1.54, 1.807) is 27.7 Å². The first-order valence-electron chi connectivity index (χ1n) is 7.37. The lowest BCUT2D eigenvalue weighted by Crippen LogP contribution is -2.32. The number of hydrogen-bond donors (Lipinski definition) is 0. The van der Waals surface area contributed by atoms with Crippen molar-refractivity contribution in [3.05, 3.63) is 0 Å². The molecule has 21 heavy (non-hydrogen) atoms. The molecule has 0 aliphatic carbocycles. The second kappa shape index (κ2) is 8.21. The Hall–Kier alpha value is 0.260. The van der Waals surface area contributed by atoms with E-state index in [9.17, 15) is 9.13 Å². The van der Waals surface area contributed by atoms with E-state index in [0.717, 1.165) is 0 Å². The number of ether oxygens (including phenoxy) is 1. The molecule has 0 aromatic rings. The quantitative estimate of drug-likeness (QED) is 0.554. The Balaban J connectivity index is 3.34. The highest BCUT2D eigenvalue weighted by Crippen LogP contribution is 2.80. The Bertz CT molecular complexity index is 354. The van der Waals surface area contributed by atoms with E-state index in [-0.39, 0.29) is 32.8 Å². The van der Waals surface area contributed by atoms with E-state index in [4.69, 9.17) is 22.8 Å². The van der Waals surface area contributed by atoms with Crippen LogP contribution < -0.4 is 0 Å². The molecule has 0 unspecified atom stereocenters. The van der Waals surface area contributed by atoms with Crippen molar-refractivity contribution in [3.8, 4) is 0 Å². The molecule has 7 nitrogen and oxygen atoms in total. The van der Waals surface area contributed by atoms with E-state index < -0.39 is 20.3 Å². The highest BCUT2D eigenvalue weighted by Gasteiger charge is 2.68. The summed E-state index contributed by atoms with van der Waals surface area (Å²) in [5.74, 6) is 0. The average molecular weight is 344 g/mol. The maximum absolute atomic E-state index is 13.2. The summed E-state index contributed by atoms with van der Waals surface area (Å²) >= 11 is 0. The van der Waals surface area contributed by atoms with Crippen molar-refractivity contribution in [2.45, 2.75) is 45.6 Å². The Kier molecular flexibility index (Phi) is 7.55. The molecule has 1 rings (SSSR count). The van der Waals surface area contributed by atoms with Gasteiger partial charge in [-0.25, -0.2) is 0 Å². The second-order valence-electron chi connectivity index (χ2n) is 4.36. The molecule has 0 N–H and O–H groups in total. The third-order valence-corrected chi connectivity index (χ3v) is 9.31. The highest BCUT2D eigenvalue weighted by atomic mass is 31.2. The van der Waals surface area contributed by atoms with Crippen LogP contribution in [0.1, 0.15) is 40.5 Å². The Morgan fingerprint density at radius 3 is 1.48 bits per heavy atom. The first-order valence-corrected chi connectivity index (χ1v) is 10.5. The molecule has 0 spiro atoms. The minimum atomic E-state index is -3.81. The summed E-state index contributed by atoms with van der Waals surface area (Å²) in [4.78, 5) is 0. The molecule has 126 valence electrons. The van der Waals surface area contributed by atoms with Crippen LogP contribution in [0.15, 0.2) is 0 Å². The van der Waals surface area contributed by atoms with E-state index in [2.05, 4.69) is 0 Å². The van der Waals surface area contributed by atoms with Crippen LogP contribution in [0.5, 0.6) is 0 Å². The Morgan fingerprint density at radius 2 is 1.24 bits per heavy atom. The van der Waals surface area contributed by atoms with Crippen LogP contribution in [-0.4, -0.2) is 38.1 Å². The minimum absolute atomic E-state index is 0.153. The summed E-state index contributed by atoms with van der Waals surface area (Å²) in [6.45, 7) is 7.71. The van der Waals surface area contributed by atoms with Crippen molar-refractivity contribution in [2.24, 2.45) is 0 Å². The largest absolute Gasteiger partial charge is 0.374 e. The summed E-state index contributed by atoms with van der Waals surface area (Å²) in [6.07, 6.45) is 0.843. The molecule has 0 aromatic carbocycles. The van der Waals surface area contributed by atoms with Gasteiger partial charge in [0.05, 0.1) is 26.4 Å². The molecule has 9 heteroatoms. The summed E-state index contributed by atoms with van der Waals surface area (Å²) in [5, 5.41) is -1.67. The van der Waals surface area contributed by atoms with Gasteiger partial charge in [-0.3, -0.25) is 9.13 Å². The zero-order valence-electron chi connectivity index (χ0n) is 13.2. The van der Waals surface area contributed by atoms with E-state index in [0.29, 0.717) is 13.0 Å². The van der Waals surface area contributed by atoms with Crippen molar-refractivity contribution in [1.82, 2.24) is 0 Å². The van der Waals surface area contributed by atoms with Crippen LogP contribution in [0, 0.1) is 0 Å². The van der Waals surface area contributed by atoms with Crippen LogP contribution in [0.4, 0.5) is 0 Å². The maximum atomic E-state index is 13.2. The monoisotopic (exact) mass is 344 g/mol. The van der Waals surface area contributed by atoms with Crippen molar-refractivity contribution >= 4 is 15.2 Å². The smallest absolute Gasteiger partial charge is 0.352 e. The third-order valence-electron chi connectivity index (χ3n) is 3.03.